The van der Waals surface area contributed by atoms with Gasteiger partial charge in [-0.3, -0.25) is 4.79 Å². The molecule has 0 unspecified atom stereocenters. The molecule has 0 aromatic heterocycles. The van der Waals surface area contributed by atoms with Gasteiger partial charge in [-0.1, -0.05) is 30.3 Å². The second-order valence-corrected chi connectivity index (χ2v) is 3.52. The molecule has 16 heavy (non-hydrogen) atoms. The third-order valence-corrected chi connectivity index (χ3v) is 2.30. The summed E-state index contributed by atoms with van der Waals surface area (Å²) < 4.78 is 5.14. The third kappa shape index (κ3) is 2.38. The summed E-state index contributed by atoms with van der Waals surface area (Å²) in [6, 6.07) is 13.5. The standard InChI is InChI=1S/C13H13NO2/c14-8-7-13(15)16-12-6-5-10-3-1-2-4-11(10)9-12/h1-6,9H,7-8,14H2. The van der Waals surface area contributed by atoms with Crippen LogP contribution in [-0.4, -0.2) is 12.5 Å². The number of rotatable bonds is 3. The van der Waals surface area contributed by atoms with Crippen LogP contribution in [0.15, 0.2) is 42.5 Å². The number of fused-ring (bicyclic) bond motifs is 1. The Morgan fingerprint density at radius 1 is 1.12 bits per heavy atom. The molecule has 0 amide bonds. The maximum Gasteiger partial charge on any atom is 0.312 e. The Morgan fingerprint density at radius 2 is 1.88 bits per heavy atom. The summed E-state index contributed by atoms with van der Waals surface area (Å²) in [5, 5.41) is 2.18. The average Bonchev–Trinajstić information content (AvgIpc) is 2.29. The van der Waals surface area contributed by atoms with E-state index in [9.17, 15) is 4.79 Å². The first kappa shape index (κ1) is 10.6. The maximum absolute atomic E-state index is 11.2. The van der Waals surface area contributed by atoms with Gasteiger partial charge in [0, 0.05) is 6.54 Å². The van der Waals surface area contributed by atoms with E-state index < -0.39 is 0 Å². The van der Waals surface area contributed by atoms with Crippen molar-refractivity contribution in [2.24, 2.45) is 5.73 Å². The Bertz CT molecular complexity index is 508. The number of carbonyl (C=O) groups excluding carboxylic acids is 1. The van der Waals surface area contributed by atoms with Crippen molar-refractivity contribution < 1.29 is 9.53 Å². The minimum Gasteiger partial charge on any atom is -0.426 e. The van der Waals surface area contributed by atoms with Gasteiger partial charge in [0.05, 0.1) is 6.42 Å². The Labute approximate surface area is 93.8 Å². The molecule has 0 saturated carbocycles. The first-order chi connectivity index (χ1) is 7.79. The van der Waals surface area contributed by atoms with Crippen molar-refractivity contribution in [1.82, 2.24) is 0 Å². The molecular formula is C13H13NO2. The van der Waals surface area contributed by atoms with E-state index in [-0.39, 0.29) is 12.4 Å². The molecule has 2 N–H and O–H groups in total. The Hall–Kier alpha value is -1.87. The highest BCUT2D eigenvalue weighted by atomic mass is 16.5. The van der Waals surface area contributed by atoms with Crippen molar-refractivity contribution in [3.05, 3.63) is 42.5 Å². The largest absolute Gasteiger partial charge is 0.426 e. The monoisotopic (exact) mass is 215 g/mol. The van der Waals surface area contributed by atoms with Gasteiger partial charge in [-0.05, 0) is 22.9 Å². The lowest BCUT2D eigenvalue weighted by molar-refractivity contribution is -0.134. The fraction of sp³-hybridized carbons (Fsp3) is 0.154. The SMILES string of the molecule is NCCC(=O)Oc1ccc2ccccc2c1. The number of esters is 1. The smallest absolute Gasteiger partial charge is 0.312 e. The maximum atomic E-state index is 11.2. The van der Waals surface area contributed by atoms with Crippen LogP contribution in [0.5, 0.6) is 5.75 Å². The fourth-order valence-corrected chi connectivity index (χ4v) is 1.53. The summed E-state index contributed by atoms with van der Waals surface area (Å²) in [6.45, 7) is 0.312. The van der Waals surface area contributed by atoms with E-state index in [2.05, 4.69) is 0 Å². The van der Waals surface area contributed by atoms with Crippen LogP contribution >= 0.6 is 0 Å². The van der Waals surface area contributed by atoms with E-state index in [1.54, 1.807) is 6.07 Å². The first-order valence-corrected chi connectivity index (χ1v) is 5.19. The molecule has 2 aromatic rings. The van der Waals surface area contributed by atoms with Gasteiger partial charge in [0.2, 0.25) is 0 Å². The topological polar surface area (TPSA) is 52.3 Å². The molecule has 2 aromatic carbocycles. The summed E-state index contributed by atoms with van der Waals surface area (Å²) >= 11 is 0. The molecule has 0 aliphatic rings. The second-order valence-electron chi connectivity index (χ2n) is 3.52. The number of ether oxygens (including phenoxy) is 1. The third-order valence-electron chi connectivity index (χ3n) is 2.30. The number of carbonyl (C=O) groups is 1. The van der Waals surface area contributed by atoms with Crippen LogP contribution in [0.2, 0.25) is 0 Å². The van der Waals surface area contributed by atoms with E-state index in [1.807, 2.05) is 36.4 Å². The Kier molecular flexibility index (Phi) is 3.17. The van der Waals surface area contributed by atoms with Crippen LogP contribution in [-0.2, 0) is 4.79 Å². The molecule has 0 atom stereocenters. The van der Waals surface area contributed by atoms with Crippen molar-refractivity contribution in [2.75, 3.05) is 6.54 Å². The quantitative estimate of drug-likeness (QED) is 0.630. The zero-order valence-electron chi connectivity index (χ0n) is 8.85. The van der Waals surface area contributed by atoms with Gasteiger partial charge in [0.15, 0.2) is 0 Å². The predicted molar refractivity (Wildman–Crippen MR) is 63.3 cm³/mol. The molecular weight excluding hydrogens is 202 g/mol. The summed E-state index contributed by atoms with van der Waals surface area (Å²) in [6.07, 6.45) is 0.243. The molecule has 0 saturated heterocycles. The lowest BCUT2D eigenvalue weighted by Gasteiger charge is -2.04. The summed E-state index contributed by atoms with van der Waals surface area (Å²) in [5.41, 5.74) is 5.27. The molecule has 82 valence electrons. The van der Waals surface area contributed by atoms with Crippen molar-refractivity contribution in [3.63, 3.8) is 0 Å². The summed E-state index contributed by atoms with van der Waals surface area (Å²) in [5.74, 6) is 0.273. The first-order valence-electron chi connectivity index (χ1n) is 5.19. The second kappa shape index (κ2) is 4.77. The molecule has 0 fully saturated rings. The molecule has 3 nitrogen and oxygen atoms in total. The molecule has 3 heteroatoms. The van der Waals surface area contributed by atoms with Crippen LogP contribution < -0.4 is 10.5 Å². The summed E-state index contributed by atoms with van der Waals surface area (Å²) in [4.78, 5) is 11.2. The molecule has 0 radical (unpaired) electrons. The van der Waals surface area contributed by atoms with E-state index in [1.165, 1.54) is 0 Å². The number of hydrogen-bond donors (Lipinski definition) is 1. The van der Waals surface area contributed by atoms with Gasteiger partial charge in [-0.15, -0.1) is 0 Å². The Morgan fingerprint density at radius 3 is 2.62 bits per heavy atom. The minimum atomic E-state index is -0.294. The van der Waals surface area contributed by atoms with Gasteiger partial charge >= 0.3 is 5.97 Å². The van der Waals surface area contributed by atoms with Crippen LogP contribution in [0.1, 0.15) is 6.42 Å². The Balaban J connectivity index is 2.22. The fourth-order valence-electron chi connectivity index (χ4n) is 1.53. The predicted octanol–water partition coefficient (Wildman–Crippen LogP) is 2.09. The summed E-state index contributed by atoms with van der Waals surface area (Å²) in [7, 11) is 0. The zero-order chi connectivity index (χ0) is 11.4. The highest BCUT2D eigenvalue weighted by Gasteiger charge is 2.03. The van der Waals surface area contributed by atoms with Crippen molar-refractivity contribution in [3.8, 4) is 5.75 Å². The van der Waals surface area contributed by atoms with Crippen molar-refractivity contribution in [2.45, 2.75) is 6.42 Å². The lowest BCUT2D eigenvalue weighted by atomic mass is 10.1. The van der Waals surface area contributed by atoms with Crippen LogP contribution in [0.25, 0.3) is 10.8 Å². The van der Waals surface area contributed by atoms with E-state index in [4.69, 9.17) is 10.5 Å². The number of benzene rings is 2. The molecule has 0 aliphatic carbocycles. The van der Waals surface area contributed by atoms with Crippen LogP contribution in [0.3, 0.4) is 0 Å². The number of hydrogen-bond acceptors (Lipinski definition) is 3. The highest BCUT2D eigenvalue weighted by molar-refractivity contribution is 5.84. The average molecular weight is 215 g/mol. The zero-order valence-corrected chi connectivity index (χ0v) is 8.85. The molecule has 0 bridgehead atoms. The van der Waals surface area contributed by atoms with Gasteiger partial charge in [0.25, 0.3) is 0 Å². The van der Waals surface area contributed by atoms with E-state index >= 15 is 0 Å². The molecule has 0 spiro atoms. The molecule has 2 rings (SSSR count). The van der Waals surface area contributed by atoms with Crippen LogP contribution in [0, 0.1) is 0 Å². The molecule has 0 aliphatic heterocycles. The van der Waals surface area contributed by atoms with Gasteiger partial charge in [-0.2, -0.15) is 0 Å². The van der Waals surface area contributed by atoms with E-state index in [0.717, 1.165) is 10.8 Å². The van der Waals surface area contributed by atoms with Crippen molar-refractivity contribution in [1.29, 1.82) is 0 Å². The molecule has 0 heterocycles. The number of nitrogens with two attached hydrogens (primary N) is 1. The van der Waals surface area contributed by atoms with Gasteiger partial charge < -0.3 is 10.5 Å². The highest BCUT2D eigenvalue weighted by Crippen LogP contribution is 2.20. The van der Waals surface area contributed by atoms with Crippen molar-refractivity contribution >= 4 is 16.7 Å². The van der Waals surface area contributed by atoms with Gasteiger partial charge in [0.1, 0.15) is 5.75 Å². The normalized spacial score (nSPS) is 10.3. The van der Waals surface area contributed by atoms with E-state index in [0.29, 0.717) is 12.3 Å². The lowest BCUT2D eigenvalue weighted by Crippen LogP contribution is -2.13. The van der Waals surface area contributed by atoms with Gasteiger partial charge in [-0.25, -0.2) is 0 Å². The minimum absolute atomic E-state index is 0.243. The van der Waals surface area contributed by atoms with Crippen LogP contribution in [0.4, 0.5) is 0 Å².